The Bertz CT molecular complexity index is 8800. The number of hydrogen-bond donors (Lipinski definition) is 0. The third kappa shape index (κ3) is 14.2. The highest BCUT2D eigenvalue weighted by molar-refractivity contribution is 7.26. The van der Waals surface area contributed by atoms with Gasteiger partial charge in [-0.1, -0.05) is 255 Å². The van der Waals surface area contributed by atoms with E-state index in [1.807, 2.05) is 182 Å². The zero-order chi connectivity index (χ0) is 90.6. The van der Waals surface area contributed by atoms with Crippen molar-refractivity contribution in [3.05, 3.63) is 438 Å². The first kappa shape index (κ1) is 80.2. The summed E-state index contributed by atoms with van der Waals surface area (Å²) in [6, 6.07) is 130. The second-order valence-electron chi connectivity index (χ2n) is 32.1. The third-order valence-corrected chi connectivity index (χ3v) is 25.4. The van der Waals surface area contributed by atoms with Gasteiger partial charge in [-0.05, 0) is 138 Å². The molecule has 23 rings (SSSR count). The van der Waals surface area contributed by atoms with Crippen LogP contribution in [-0.4, -0.2) is 43.6 Å². The minimum Gasteiger partial charge on any atom is -0.309 e. The van der Waals surface area contributed by atoms with Gasteiger partial charge in [0.15, 0.2) is 57.7 Å². The highest BCUT2D eigenvalue weighted by atomic mass is 32.1. The summed E-state index contributed by atoms with van der Waals surface area (Å²) in [7, 11) is 0. The van der Waals surface area contributed by atoms with Crippen molar-refractivity contribution in [2.24, 2.45) is 0 Å². The van der Waals surface area contributed by atoms with Gasteiger partial charge in [0.1, 0.15) is 0 Å². The fourth-order valence-electron chi connectivity index (χ4n) is 18.4. The summed E-state index contributed by atoms with van der Waals surface area (Å²) in [6.07, 6.45) is 0. The van der Waals surface area contributed by atoms with Crippen LogP contribution in [0.1, 0.15) is 22.3 Å². The normalized spacial score (nSPS) is 11.1. The molecular weight excluding hydrogens is 1660 g/mol. The minimum absolute atomic E-state index is 0.300. The lowest BCUT2D eigenvalue weighted by atomic mass is 9.90. The molecule has 0 amide bonds. The second-order valence-corrected chi connectivity index (χ2v) is 33.2. The summed E-state index contributed by atoms with van der Waals surface area (Å²) >= 11 is 1.76. The molecule has 23 aromatic rings. The number of para-hydroxylation sites is 4. The summed E-state index contributed by atoms with van der Waals surface area (Å²) in [5.41, 5.74) is 20.3. The lowest BCUT2D eigenvalue weighted by molar-refractivity contribution is 1.07. The van der Waals surface area contributed by atoms with Gasteiger partial charge in [0, 0.05) is 114 Å². The molecule has 0 fully saturated rings. The molecule has 616 valence electrons. The molecule has 0 spiro atoms. The molecule has 18 heteroatoms. The van der Waals surface area contributed by atoms with Crippen molar-refractivity contribution >= 4 is 120 Å². The van der Waals surface area contributed by atoms with Crippen LogP contribution in [0.25, 0.3) is 235 Å². The van der Waals surface area contributed by atoms with E-state index in [4.69, 9.17) is 56.2 Å². The molecule has 0 atom stereocenters. The second kappa shape index (κ2) is 33.6. The SMILES string of the molecule is [C-]#[N+]c1cc([N+]#[C-])cc(-c2cc(-c3nc(-c4ccccc4)nc(-c4ccccc4)n3)cc(-c3cc(C#N)cc(C#N)c3)c2-n2c3ccccc3c3c4sc5ccccc5c4ccc32)c1.[C-]#[N+]c1cc([N+]#[C-])cc(-c2cc(-c3nc(-c4ccccc4)nc(-c4ccccc4)n3)cc(-c3cc(C#N)cc(C#N)c3)c2-n2c3ccccc3c3cc4c5ccccc5n(-c5ccccc5)c4cc32)c1. The number of fused-ring (bicyclic) bond motifs is 13. The standard InChI is InChI=1S/C61H33N9.C55H28N8S/c1-64-45-29-43(30-46(33-45)65-2)51-32-44(61-67-59(40-16-6-3-7-17-40)66-60(68-61)41-18-8-4-9-19-41)31-50(42-27-38(36-62)26-39(28-42)37-63)58(51)70-55-25-15-13-23-49(55)53-34-52-48-22-12-14-24-54(48)69(56(52)35-57(53)70)47-20-10-5-11-21-47;1-58-40-26-38(27-41(30-40)59-2)46-29-39(55-61-53(35-13-5-3-6-14-35)60-54(62-55)36-15-7-4-8-16-36)28-45(37-24-33(31-56)23-34(25-37)32-57)51(46)63-47-19-11-9-18-44(47)50-48(63)22-21-43-42-17-10-12-20-49(42)64-52(43)50/h3-35H;3-30H. The predicted molar refractivity (Wildman–Crippen MR) is 534 cm³/mol. The van der Waals surface area contributed by atoms with Gasteiger partial charge in [0.05, 0.1) is 117 Å². The van der Waals surface area contributed by atoms with Gasteiger partial charge in [0.25, 0.3) is 0 Å². The molecule has 0 aliphatic rings. The van der Waals surface area contributed by atoms with E-state index in [9.17, 15) is 21.0 Å². The molecule has 134 heavy (non-hydrogen) atoms. The van der Waals surface area contributed by atoms with Crippen LogP contribution < -0.4 is 0 Å². The number of nitriles is 4. The van der Waals surface area contributed by atoms with Crippen LogP contribution in [0.15, 0.2) is 370 Å². The number of hydrogen-bond acceptors (Lipinski definition) is 11. The molecule has 17 nitrogen and oxygen atoms in total. The van der Waals surface area contributed by atoms with Crippen LogP contribution in [0.5, 0.6) is 0 Å². The van der Waals surface area contributed by atoms with Gasteiger partial charge in [-0.25, -0.2) is 49.3 Å². The van der Waals surface area contributed by atoms with Crippen molar-refractivity contribution in [2.75, 3.05) is 0 Å². The number of rotatable bonds is 13. The number of aromatic nitrogens is 9. The first-order chi connectivity index (χ1) is 66.0. The van der Waals surface area contributed by atoms with E-state index in [1.54, 1.807) is 84.1 Å². The number of nitrogens with zero attached hydrogens (tertiary/aromatic N) is 17. The van der Waals surface area contributed by atoms with Crippen molar-refractivity contribution in [2.45, 2.75) is 0 Å². The fraction of sp³-hybridized carbons (Fsp3) is 0. The van der Waals surface area contributed by atoms with Crippen molar-refractivity contribution in [3.63, 3.8) is 0 Å². The molecule has 0 N–H and O–H groups in total. The molecule has 0 unspecified atom stereocenters. The first-order valence-corrected chi connectivity index (χ1v) is 43.5. The maximum absolute atomic E-state index is 10.5. The summed E-state index contributed by atoms with van der Waals surface area (Å²) in [6.45, 7) is 32.5. The average molecular weight is 1720 g/mol. The van der Waals surface area contributed by atoms with E-state index in [1.165, 1.54) is 10.1 Å². The van der Waals surface area contributed by atoms with Gasteiger partial charge in [-0.3, -0.25) is 0 Å². The largest absolute Gasteiger partial charge is 0.309 e. The first-order valence-electron chi connectivity index (χ1n) is 42.7. The molecule has 0 aliphatic carbocycles. The Hall–Kier alpha value is -19.7. The average Bonchev–Trinajstić information content (AvgIpc) is 1.54. The highest BCUT2D eigenvalue weighted by Crippen LogP contribution is 2.52. The molecule has 6 aromatic heterocycles. The zero-order valence-corrected chi connectivity index (χ0v) is 71.5. The van der Waals surface area contributed by atoms with Gasteiger partial charge < -0.3 is 13.7 Å². The lowest BCUT2D eigenvalue weighted by Crippen LogP contribution is -2.04. The Balaban J connectivity index is 0.000000157. The van der Waals surface area contributed by atoms with Gasteiger partial charge in [0.2, 0.25) is 0 Å². The molecule has 0 radical (unpaired) electrons. The van der Waals surface area contributed by atoms with Crippen molar-refractivity contribution in [3.8, 4) is 154 Å². The lowest BCUT2D eigenvalue weighted by Gasteiger charge is -2.22. The summed E-state index contributed by atoms with van der Waals surface area (Å²) < 4.78 is 9.13. The van der Waals surface area contributed by atoms with Gasteiger partial charge in [-0.15, -0.1) is 11.3 Å². The number of benzene rings is 17. The maximum Gasteiger partial charge on any atom is 0.177 e. The number of thiophene rings is 1. The molecule has 0 bridgehead atoms. The van der Waals surface area contributed by atoms with E-state index >= 15 is 0 Å². The van der Waals surface area contributed by atoms with E-state index in [-0.39, 0.29) is 0 Å². The van der Waals surface area contributed by atoms with Gasteiger partial charge >= 0.3 is 0 Å². The van der Waals surface area contributed by atoms with Crippen molar-refractivity contribution in [1.29, 1.82) is 21.0 Å². The van der Waals surface area contributed by atoms with Gasteiger partial charge in [-0.2, -0.15) is 21.0 Å². The molecule has 0 saturated heterocycles. The van der Waals surface area contributed by atoms with Crippen LogP contribution in [0.4, 0.5) is 22.7 Å². The highest BCUT2D eigenvalue weighted by Gasteiger charge is 2.30. The van der Waals surface area contributed by atoms with E-state index in [0.717, 1.165) is 109 Å². The zero-order valence-electron chi connectivity index (χ0n) is 70.7. The molecule has 6 heterocycles. The molecule has 0 aliphatic heterocycles. The molecular formula is C116H61N17S. The van der Waals surface area contributed by atoms with Crippen molar-refractivity contribution in [1.82, 2.24) is 43.6 Å². The third-order valence-electron chi connectivity index (χ3n) is 24.2. The topological polar surface area (TPSA) is 205 Å². The fourth-order valence-corrected chi connectivity index (χ4v) is 19.6. The van der Waals surface area contributed by atoms with Crippen LogP contribution in [0, 0.1) is 71.6 Å². The van der Waals surface area contributed by atoms with E-state index in [0.29, 0.717) is 141 Å². The Kier molecular flexibility index (Phi) is 20.1. The summed E-state index contributed by atoms with van der Waals surface area (Å²) in [4.78, 5) is 45.8. The quantitative estimate of drug-likeness (QED) is 0.0999. The van der Waals surface area contributed by atoms with E-state index < -0.39 is 0 Å². The van der Waals surface area contributed by atoms with E-state index in [2.05, 4.69) is 173 Å². The Morgan fingerprint density at radius 3 is 0.933 bits per heavy atom. The Morgan fingerprint density at radius 2 is 0.545 bits per heavy atom. The summed E-state index contributed by atoms with van der Waals surface area (Å²) in [5.74, 6) is 2.67. The smallest absolute Gasteiger partial charge is 0.177 e. The maximum atomic E-state index is 10.5. The van der Waals surface area contributed by atoms with Crippen LogP contribution >= 0.6 is 11.3 Å². The predicted octanol–water partition coefficient (Wildman–Crippen LogP) is 29.8. The monoisotopic (exact) mass is 1720 g/mol. The minimum atomic E-state index is 0.300. The van der Waals surface area contributed by atoms with Crippen LogP contribution in [0.2, 0.25) is 0 Å². The van der Waals surface area contributed by atoms with Crippen molar-refractivity contribution < 1.29 is 0 Å². The van der Waals surface area contributed by atoms with Crippen LogP contribution in [0.3, 0.4) is 0 Å². The summed E-state index contributed by atoms with van der Waals surface area (Å²) in [5, 5.41) is 50.3. The van der Waals surface area contributed by atoms with Crippen LogP contribution in [-0.2, 0) is 0 Å². The Morgan fingerprint density at radius 1 is 0.231 bits per heavy atom. The molecule has 0 saturated carbocycles. The molecule has 17 aromatic carbocycles. The Labute approximate surface area is 771 Å².